The zero-order valence-electron chi connectivity index (χ0n) is 11.3. The van der Waals surface area contributed by atoms with Gasteiger partial charge in [0.05, 0.1) is 5.56 Å². The van der Waals surface area contributed by atoms with E-state index in [1.165, 1.54) is 0 Å². The van der Waals surface area contributed by atoms with Crippen molar-refractivity contribution in [3.8, 4) is 0 Å². The van der Waals surface area contributed by atoms with Gasteiger partial charge in [0.1, 0.15) is 6.10 Å². The third kappa shape index (κ3) is 2.45. The minimum absolute atomic E-state index is 0.0694. The molecule has 0 radical (unpaired) electrons. The number of para-hydroxylation sites is 1. The van der Waals surface area contributed by atoms with Crippen LogP contribution in [-0.2, 0) is 4.74 Å². The van der Waals surface area contributed by atoms with E-state index < -0.39 is 0 Å². The van der Waals surface area contributed by atoms with Crippen LogP contribution in [0.2, 0.25) is 0 Å². The number of ether oxygens (including phenoxy) is 1. The first kappa shape index (κ1) is 12.5. The Bertz CT molecular complexity index is 467. The highest BCUT2D eigenvalue weighted by molar-refractivity contribution is 5.95. The van der Waals surface area contributed by atoms with Crippen LogP contribution < -0.4 is 5.32 Å². The molecule has 3 aliphatic heterocycles. The maximum atomic E-state index is 12.3. The molecule has 0 spiro atoms. The summed E-state index contributed by atoms with van der Waals surface area (Å²) in [5.41, 5.74) is 1.45. The van der Waals surface area contributed by atoms with E-state index in [4.69, 9.17) is 4.74 Å². The zero-order chi connectivity index (χ0) is 13.2. The van der Waals surface area contributed by atoms with Gasteiger partial charge in [0.15, 0.2) is 0 Å². The van der Waals surface area contributed by atoms with Gasteiger partial charge in [-0.05, 0) is 44.0 Å². The zero-order valence-corrected chi connectivity index (χ0v) is 11.3. The lowest BCUT2D eigenvalue weighted by molar-refractivity contribution is -0.0455. The molecule has 0 aromatic heterocycles. The van der Waals surface area contributed by atoms with Crippen molar-refractivity contribution in [2.75, 3.05) is 32.0 Å². The highest BCUT2D eigenvalue weighted by Gasteiger charge is 2.36. The summed E-state index contributed by atoms with van der Waals surface area (Å²) in [6.45, 7) is 3.22. The van der Waals surface area contributed by atoms with Crippen LogP contribution in [0.15, 0.2) is 24.3 Å². The normalized spacial score (nSPS) is 29.0. The van der Waals surface area contributed by atoms with Crippen LogP contribution in [0.5, 0.6) is 0 Å². The number of nitrogens with zero attached hydrogens (tertiary/aromatic N) is 1. The summed E-state index contributed by atoms with van der Waals surface area (Å²) >= 11 is 0. The lowest BCUT2D eigenvalue weighted by Crippen LogP contribution is -2.51. The molecule has 4 rings (SSSR count). The summed E-state index contributed by atoms with van der Waals surface area (Å²) in [7, 11) is 1.82. The van der Waals surface area contributed by atoms with Gasteiger partial charge in [-0.2, -0.15) is 0 Å². The Morgan fingerprint density at radius 3 is 2.68 bits per heavy atom. The smallest absolute Gasteiger partial charge is 0.340 e. The van der Waals surface area contributed by atoms with Crippen molar-refractivity contribution in [2.24, 2.45) is 5.92 Å². The summed E-state index contributed by atoms with van der Waals surface area (Å²) in [4.78, 5) is 14.7. The molecule has 0 saturated carbocycles. The molecule has 1 atom stereocenters. The molecule has 2 bridgehead atoms. The van der Waals surface area contributed by atoms with Gasteiger partial charge < -0.3 is 10.1 Å². The average molecular weight is 260 g/mol. The summed E-state index contributed by atoms with van der Waals surface area (Å²) in [5, 5.41) is 3.04. The summed E-state index contributed by atoms with van der Waals surface area (Å²) in [5.74, 6) is 0.347. The first-order valence-corrected chi connectivity index (χ1v) is 6.98. The van der Waals surface area contributed by atoms with Crippen molar-refractivity contribution in [1.82, 2.24) is 4.90 Å². The summed E-state index contributed by atoms with van der Waals surface area (Å²) < 4.78 is 5.73. The molecule has 102 valence electrons. The highest BCUT2D eigenvalue weighted by atomic mass is 16.5. The number of rotatable bonds is 3. The predicted molar refractivity (Wildman–Crippen MR) is 74.4 cm³/mol. The van der Waals surface area contributed by atoms with E-state index >= 15 is 0 Å². The molecular weight excluding hydrogens is 240 g/mol. The molecule has 3 fully saturated rings. The fourth-order valence-corrected chi connectivity index (χ4v) is 3.12. The number of benzene rings is 1. The molecule has 3 heterocycles. The number of piperidine rings is 3. The van der Waals surface area contributed by atoms with Crippen molar-refractivity contribution >= 4 is 11.7 Å². The van der Waals surface area contributed by atoms with E-state index in [2.05, 4.69) is 10.2 Å². The van der Waals surface area contributed by atoms with Crippen LogP contribution in [0.25, 0.3) is 0 Å². The second-order valence-electron chi connectivity index (χ2n) is 5.38. The molecule has 4 heteroatoms. The lowest BCUT2D eigenvalue weighted by atomic mass is 9.86. The molecule has 19 heavy (non-hydrogen) atoms. The van der Waals surface area contributed by atoms with Crippen LogP contribution in [0.1, 0.15) is 23.2 Å². The number of carbonyl (C=O) groups is 1. The average Bonchev–Trinajstić information content (AvgIpc) is 2.48. The Morgan fingerprint density at radius 1 is 1.32 bits per heavy atom. The van der Waals surface area contributed by atoms with Crippen LogP contribution in [0.4, 0.5) is 5.69 Å². The Hall–Kier alpha value is -1.55. The van der Waals surface area contributed by atoms with E-state index in [-0.39, 0.29) is 12.1 Å². The van der Waals surface area contributed by atoms with Gasteiger partial charge in [-0.3, -0.25) is 4.90 Å². The van der Waals surface area contributed by atoms with Gasteiger partial charge in [0.25, 0.3) is 0 Å². The quantitative estimate of drug-likeness (QED) is 0.844. The van der Waals surface area contributed by atoms with E-state index in [0.29, 0.717) is 11.5 Å². The Kier molecular flexibility index (Phi) is 3.42. The second-order valence-corrected chi connectivity index (χ2v) is 5.38. The van der Waals surface area contributed by atoms with Crippen molar-refractivity contribution in [1.29, 1.82) is 0 Å². The number of hydrogen-bond acceptors (Lipinski definition) is 4. The van der Waals surface area contributed by atoms with E-state index in [0.717, 1.165) is 38.2 Å². The first-order chi connectivity index (χ1) is 9.28. The summed E-state index contributed by atoms with van der Waals surface area (Å²) in [6, 6.07) is 7.49. The minimum atomic E-state index is -0.205. The highest BCUT2D eigenvalue weighted by Crippen LogP contribution is 2.30. The molecule has 0 aliphatic carbocycles. The first-order valence-electron chi connectivity index (χ1n) is 6.98. The monoisotopic (exact) mass is 260 g/mol. The molecule has 4 nitrogen and oxygen atoms in total. The molecule has 1 N–H and O–H groups in total. The third-order valence-corrected chi connectivity index (χ3v) is 4.27. The minimum Gasteiger partial charge on any atom is -0.457 e. The van der Waals surface area contributed by atoms with E-state index in [1.54, 1.807) is 0 Å². The van der Waals surface area contributed by atoms with Gasteiger partial charge in [-0.15, -0.1) is 0 Å². The Balaban J connectivity index is 1.71. The maximum absolute atomic E-state index is 12.3. The van der Waals surface area contributed by atoms with Gasteiger partial charge >= 0.3 is 5.97 Å². The number of fused-ring (bicyclic) bond motifs is 3. The van der Waals surface area contributed by atoms with Crippen LogP contribution >= 0.6 is 0 Å². The molecule has 1 aromatic carbocycles. The fourth-order valence-electron chi connectivity index (χ4n) is 3.12. The topological polar surface area (TPSA) is 41.6 Å². The van der Waals surface area contributed by atoms with E-state index in [9.17, 15) is 4.79 Å². The number of nitrogens with one attached hydrogen (secondary N) is 1. The van der Waals surface area contributed by atoms with Gasteiger partial charge in [-0.25, -0.2) is 4.79 Å². The fraction of sp³-hybridized carbons (Fsp3) is 0.533. The number of carbonyl (C=O) groups excluding carboxylic acids is 1. The lowest BCUT2D eigenvalue weighted by Gasteiger charge is -2.43. The van der Waals surface area contributed by atoms with Crippen LogP contribution in [0.3, 0.4) is 0 Å². The second kappa shape index (κ2) is 5.21. The van der Waals surface area contributed by atoms with Crippen LogP contribution in [0, 0.1) is 5.92 Å². The van der Waals surface area contributed by atoms with Gasteiger partial charge in [0.2, 0.25) is 0 Å². The van der Waals surface area contributed by atoms with Crippen molar-refractivity contribution < 1.29 is 9.53 Å². The maximum Gasteiger partial charge on any atom is 0.340 e. The standard InChI is InChI=1S/C15H20N2O2/c1-16-13-5-3-2-4-12(13)15(18)19-14-10-17-8-6-11(14)7-9-17/h2-5,11,14,16H,6-10H2,1H3/t14-/m1/s1. The summed E-state index contributed by atoms with van der Waals surface area (Å²) in [6.07, 6.45) is 2.39. The van der Waals surface area contributed by atoms with Gasteiger partial charge in [0, 0.05) is 19.3 Å². The van der Waals surface area contributed by atoms with Crippen molar-refractivity contribution in [3.63, 3.8) is 0 Å². The SMILES string of the molecule is CNc1ccccc1C(=O)O[C@@H]1CN2CCC1CC2. The molecule has 1 aromatic rings. The van der Waals surface area contributed by atoms with E-state index in [1.807, 2.05) is 31.3 Å². The molecular formula is C15H20N2O2. The Morgan fingerprint density at radius 2 is 2.05 bits per heavy atom. The number of esters is 1. The van der Waals surface area contributed by atoms with Crippen molar-refractivity contribution in [2.45, 2.75) is 18.9 Å². The van der Waals surface area contributed by atoms with Crippen LogP contribution in [-0.4, -0.2) is 43.7 Å². The number of anilines is 1. The molecule has 3 saturated heterocycles. The third-order valence-electron chi connectivity index (χ3n) is 4.27. The molecule has 0 amide bonds. The Labute approximate surface area is 113 Å². The van der Waals surface area contributed by atoms with Gasteiger partial charge in [-0.1, -0.05) is 12.1 Å². The molecule has 0 unspecified atom stereocenters. The number of hydrogen-bond donors (Lipinski definition) is 1. The predicted octanol–water partition coefficient (Wildman–Crippen LogP) is 1.98. The molecule has 3 aliphatic rings. The van der Waals surface area contributed by atoms with Crippen molar-refractivity contribution in [3.05, 3.63) is 29.8 Å². The largest absolute Gasteiger partial charge is 0.457 e.